The first kappa shape index (κ1) is 19.4. The van der Waals surface area contributed by atoms with Crippen molar-refractivity contribution in [2.24, 2.45) is 0 Å². The Labute approximate surface area is 169 Å². The van der Waals surface area contributed by atoms with Crippen LogP contribution in [0.25, 0.3) is 0 Å². The van der Waals surface area contributed by atoms with Crippen molar-refractivity contribution in [2.75, 3.05) is 13.1 Å². The van der Waals surface area contributed by atoms with Crippen molar-refractivity contribution in [3.05, 3.63) is 53.4 Å². The molecule has 0 radical (unpaired) electrons. The Balaban J connectivity index is 1.53. The van der Waals surface area contributed by atoms with Gasteiger partial charge in [-0.2, -0.15) is 4.31 Å². The first-order chi connectivity index (χ1) is 13.3. The number of furan rings is 1. The molecule has 28 heavy (non-hydrogen) atoms. The highest BCUT2D eigenvalue weighted by Crippen LogP contribution is 2.35. The Morgan fingerprint density at radius 2 is 1.89 bits per heavy atom. The number of hydrogen-bond donors (Lipinski definition) is 1. The zero-order valence-electron chi connectivity index (χ0n) is 15.5. The molecule has 2 aliphatic rings. The Hall–Kier alpha value is -1.87. The number of carbonyl (C=O) groups excluding carboxylic acids is 1. The lowest BCUT2D eigenvalue weighted by molar-refractivity contribution is -0.134. The van der Waals surface area contributed by atoms with Crippen molar-refractivity contribution < 1.29 is 17.6 Å². The molecule has 3 heterocycles. The number of amides is 1. The Morgan fingerprint density at radius 3 is 2.50 bits per heavy atom. The van der Waals surface area contributed by atoms with E-state index in [4.69, 9.17) is 16.0 Å². The standard InChI is InChI=1S/C19H22ClN3O4S/c1-14-18(24)23(13-16-3-2-12-27-16)19(21-14)8-10-22(11-9-19)28(25,26)17-6-4-15(20)5-7-17/h2-7,12,14,21H,8-11,13H2,1H3. The zero-order chi connectivity index (χ0) is 19.9. The maximum Gasteiger partial charge on any atom is 0.243 e. The van der Waals surface area contributed by atoms with E-state index in [1.165, 1.54) is 16.4 Å². The molecule has 0 saturated carbocycles. The quantitative estimate of drug-likeness (QED) is 0.816. The molecule has 2 fully saturated rings. The van der Waals surface area contributed by atoms with Crippen molar-refractivity contribution >= 4 is 27.5 Å². The maximum atomic E-state index is 12.9. The molecule has 1 aromatic carbocycles. The summed E-state index contributed by atoms with van der Waals surface area (Å²) >= 11 is 5.87. The van der Waals surface area contributed by atoms with Gasteiger partial charge in [-0.1, -0.05) is 11.6 Å². The molecule has 1 amide bonds. The average molecular weight is 424 g/mol. The van der Waals surface area contributed by atoms with Crippen molar-refractivity contribution in [1.82, 2.24) is 14.5 Å². The van der Waals surface area contributed by atoms with Crippen LogP contribution in [0.3, 0.4) is 0 Å². The first-order valence-electron chi connectivity index (χ1n) is 9.19. The molecule has 9 heteroatoms. The normalized spacial score (nSPS) is 22.9. The van der Waals surface area contributed by atoms with Gasteiger partial charge in [0, 0.05) is 18.1 Å². The number of nitrogens with one attached hydrogen (secondary N) is 1. The minimum Gasteiger partial charge on any atom is -0.467 e. The van der Waals surface area contributed by atoms with Crippen LogP contribution in [-0.2, 0) is 21.4 Å². The summed E-state index contributed by atoms with van der Waals surface area (Å²) < 4.78 is 32.8. The van der Waals surface area contributed by atoms with Gasteiger partial charge in [-0.3, -0.25) is 10.1 Å². The molecule has 7 nitrogen and oxygen atoms in total. The molecular weight excluding hydrogens is 402 g/mol. The Kier molecular flexibility index (Phi) is 4.99. The van der Waals surface area contributed by atoms with Crippen molar-refractivity contribution in [1.29, 1.82) is 0 Å². The van der Waals surface area contributed by atoms with Gasteiger partial charge >= 0.3 is 0 Å². The summed E-state index contributed by atoms with van der Waals surface area (Å²) in [6, 6.07) is 9.50. The van der Waals surface area contributed by atoms with E-state index in [1.54, 1.807) is 29.4 Å². The fraction of sp³-hybridized carbons (Fsp3) is 0.421. The molecule has 0 bridgehead atoms. The Bertz CT molecular complexity index is 952. The van der Waals surface area contributed by atoms with Crippen LogP contribution in [0.1, 0.15) is 25.5 Å². The second-order valence-electron chi connectivity index (χ2n) is 7.26. The molecule has 1 atom stereocenters. The van der Waals surface area contributed by atoms with Gasteiger partial charge in [0.1, 0.15) is 5.76 Å². The van der Waals surface area contributed by atoms with Crippen molar-refractivity contribution in [3.63, 3.8) is 0 Å². The summed E-state index contributed by atoms with van der Waals surface area (Å²) in [5, 5.41) is 3.89. The molecular formula is C19H22ClN3O4S. The average Bonchev–Trinajstić information content (AvgIpc) is 3.26. The second kappa shape index (κ2) is 7.18. The number of hydrogen-bond acceptors (Lipinski definition) is 5. The smallest absolute Gasteiger partial charge is 0.243 e. The summed E-state index contributed by atoms with van der Waals surface area (Å²) in [7, 11) is -3.59. The van der Waals surface area contributed by atoms with Crippen LogP contribution in [0.5, 0.6) is 0 Å². The molecule has 1 N–H and O–H groups in total. The minimum atomic E-state index is -3.59. The molecule has 1 spiro atoms. The highest BCUT2D eigenvalue weighted by molar-refractivity contribution is 7.89. The van der Waals surface area contributed by atoms with Crippen LogP contribution in [-0.4, -0.2) is 48.3 Å². The molecule has 150 valence electrons. The highest BCUT2D eigenvalue weighted by Gasteiger charge is 2.51. The van der Waals surface area contributed by atoms with Crippen molar-refractivity contribution in [3.8, 4) is 0 Å². The maximum absolute atomic E-state index is 12.9. The number of rotatable bonds is 4. The van der Waals surface area contributed by atoms with Gasteiger partial charge in [-0.05, 0) is 56.2 Å². The van der Waals surface area contributed by atoms with Gasteiger partial charge in [0.2, 0.25) is 15.9 Å². The van der Waals surface area contributed by atoms with E-state index in [0.29, 0.717) is 43.3 Å². The van der Waals surface area contributed by atoms with Gasteiger partial charge < -0.3 is 9.32 Å². The predicted octanol–water partition coefficient (Wildman–Crippen LogP) is 2.43. The van der Waals surface area contributed by atoms with Gasteiger partial charge in [-0.25, -0.2) is 8.42 Å². The number of nitrogens with zero attached hydrogens (tertiary/aromatic N) is 2. The number of sulfonamides is 1. The third kappa shape index (κ3) is 3.34. The summed E-state index contributed by atoms with van der Waals surface area (Å²) in [4.78, 5) is 14.7. The topological polar surface area (TPSA) is 82.9 Å². The van der Waals surface area contributed by atoms with Crippen LogP contribution in [0.4, 0.5) is 0 Å². The molecule has 1 aromatic heterocycles. The number of benzene rings is 1. The van der Waals surface area contributed by atoms with Gasteiger partial charge in [-0.15, -0.1) is 0 Å². The lowest BCUT2D eigenvalue weighted by atomic mass is 9.97. The summed E-state index contributed by atoms with van der Waals surface area (Å²) in [5.74, 6) is 0.713. The van der Waals surface area contributed by atoms with Crippen molar-refractivity contribution in [2.45, 2.75) is 42.9 Å². The first-order valence-corrected chi connectivity index (χ1v) is 11.0. The summed E-state index contributed by atoms with van der Waals surface area (Å²) in [5.41, 5.74) is -0.560. The van der Waals surface area contributed by atoms with E-state index in [0.717, 1.165) is 0 Å². The number of halogens is 1. The number of piperidine rings is 1. The summed E-state index contributed by atoms with van der Waals surface area (Å²) in [6.45, 7) is 2.86. The fourth-order valence-electron chi connectivity index (χ4n) is 4.04. The van der Waals surface area contributed by atoms with E-state index in [9.17, 15) is 13.2 Å². The number of carbonyl (C=O) groups is 1. The van der Waals surface area contributed by atoms with E-state index < -0.39 is 15.7 Å². The largest absolute Gasteiger partial charge is 0.467 e. The highest BCUT2D eigenvalue weighted by atomic mass is 35.5. The van der Waals surface area contributed by atoms with Crippen LogP contribution < -0.4 is 5.32 Å². The summed E-state index contributed by atoms with van der Waals surface area (Å²) in [6.07, 6.45) is 2.61. The van der Waals surface area contributed by atoms with E-state index in [1.807, 2.05) is 13.0 Å². The molecule has 0 aliphatic carbocycles. The van der Waals surface area contributed by atoms with Crippen LogP contribution >= 0.6 is 11.6 Å². The third-order valence-electron chi connectivity index (χ3n) is 5.53. The molecule has 2 saturated heterocycles. The van der Waals surface area contributed by atoms with Gasteiger partial charge in [0.25, 0.3) is 0 Å². The van der Waals surface area contributed by atoms with Crippen LogP contribution in [0.15, 0.2) is 52.0 Å². The molecule has 1 unspecified atom stereocenters. The van der Waals surface area contributed by atoms with Crippen LogP contribution in [0, 0.1) is 0 Å². The zero-order valence-corrected chi connectivity index (χ0v) is 17.0. The fourth-order valence-corrected chi connectivity index (χ4v) is 5.61. The third-order valence-corrected chi connectivity index (χ3v) is 7.70. The SMILES string of the molecule is CC1NC2(CCN(S(=O)(=O)c3ccc(Cl)cc3)CC2)N(Cc2ccco2)C1=O. The van der Waals surface area contributed by atoms with Crippen LogP contribution in [0.2, 0.25) is 5.02 Å². The van der Waals surface area contributed by atoms with E-state index in [-0.39, 0.29) is 16.8 Å². The molecule has 4 rings (SSSR count). The lowest BCUT2D eigenvalue weighted by Crippen LogP contribution is -2.59. The monoisotopic (exact) mass is 423 g/mol. The second-order valence-corrected chi connectivity index (χ2v) is 9.63. The van der Waals surface area contributed by atoms with Gasteiger partial charge in [0.15, 0.2) is 0 Å². The lowest BCUT2D eigenvalue weighted by Gasteiger charge is -2.44. The van der Waals surface area contributed by atoms with E-state index in [2.05, 4.69) is 5.32 Å². The Morgan fingerprint density at radius 1 is 1.21 bits per heavy atom. The minimum absolute atomic E-state index is 0.00501. The predicted molar refractivity (Wildman–Crippen MR) is 104 cm³/mol. The molecule has 2 aliphatic heterocycles. The molecule has 2 aromatic rings. The van der Waals surface area contributed by atoms with E-state index >= 15 is 0 Å². The van der Waals surface area contributed by atoms with Gasteiger partial charge in [0.05, 0.1) is 29.4 Å².